The van der Waals surface area contributed by atoms with E-state index in [1.54, 1.807) is 49.4 Å². The number of amidine groups is 1. The van der Waals surface area contributed by atoms with Crippen LogP contribution in [0.3, 0.4) is 0 Å². The number of ketones is 2. The summed E-state index contributed by atoms with van der Waals surface area (Å²) < 4.78 is 0. The number of benzene rings is 2. The molecule has 0 radical (unpaired) electrons. The Labute approximate surface area is 436 Å². The molecular formula is C49H67N11O12S2. The molecule has 14 N–H and O–H groups in total. The second-order valence-electron chi connectivity index (χ2n) is 18.2. The number of carbonyl (C=O) groups is 11. The molecule has 402 valence electrons. The van der Waals surface area contributed by atoms with Crippen molar-refractivity contribution in [2.45, 2.75) is 114 Å². The number of rotatable bonds is 19. The van der Waals surface area contributed by atoms with Crippen molar-refractivity contribution in [3.05, 3.63) is 65.7 Å². The van der Waals surface area contributed by atoms with Crippen LogP contribution in [0.25, 0.3) is 0 Å². The average Bonchev–Trinajstić information content (AvgIpc) is 3.85. The first kappa shape index (κ1) is 59.5. The molecule has 0 aliphatic carbocycles. The average molecular weight is 1070 g/mol. The number of phenolic OH excluding ortho intramolecular Hbond substituents is 1. The Morgan fingerprint density at radius 2 is 1.47 bits per heavy atom. The number of phenols is 1. The van der Waals surface area contributed by atoms with Gasteiger partial charge in [-0.3, -0.25) is 57.7 Å². The Morgan fingerprint density at radius 1 is 0.797 bits per heavy atom. The normalized spacial score (nSPS) is 22.3. The van der Waals surface area contributed by atoms with Gasteiger partial charge in [-0.2, -0.15) is 0 Å². The lowest BCUT2D eigenvalue weighted by molar-refractivity contribution is -0.142. The van der Waals surface area contributed by atoms with Crippen LogP contribution in [0.2, 0.25) is 0 Å². The summed E-state index contributed by atoms with van der Waals surface area (Å²) in [5.41, 5.74) is 23.2. The maximum Gasteiger partial charge on any atom is 0.246 e. The minimum Gasteiger partial charge on any atom is -0.508 e. The minimum atomic E-state index is -1.72. The molecule has 2 fully saturated rings. The van der Waals surface area contributed by atoms with E-state index >= 15 is 0 Å². The van der Waals surface area contributed by atoms with Gasteiger partial charge in [0.25, 0.3) is 0 Å². The molecule has 2 heterocycles. The predicted octanol–water partition coefficient (Wildman–Crippen LogP) is -1.06. The van der Waals surface area contributed by atoms with Crippen molar-refractivity contribution >= 4 is 92.2 Å². The number of likely N-dealkylation sites (tertiary alicyclic amines) is 1. The predicted molar refractivity (Wildman–Crippen MR) is 276 cm³/mol. The van der Waals surface area contributed by atoms with Crippen molar-refractivity contribution in [2.75, 3.05) is 31.1 Å². The molecule has 23 nitrogen and oxygen atoms in total. The molecule has 0 aromatic heterocycles. The highest BCUT2D eigenvalue weighted by Crippen LogP contribution is 2.27. The number of aliphatic imine (C=N–C) groups is 1. The topological polar surface area (TPSA) is 388 Å². The molecule has 0 saturated carbocycles. The monoisotopic (exact) mass is 1070 g/mol. The lowest BCUT2D eigenvalue weighted by Crippen LogP contribution is -2.59. The molecule has 74 heavy (non-hydrogen) atoms. The van der Waals surface area contributed by atoms with Gasteiger partial charge in [0.05, 0.1) is 24.8 Å². The maximum absolute atomic E-state index is 14.6. The summed E-state index contributed by atoms with van der Waals surface area (Å²) in [6, 6.07) is 8.13. The summed E-state index contributed by atoms with van der Waals surface area (Å²) in [6.07, 6.45) is -1.33. The summed E-state index contributed by atoms with van der Waals surface area (Å²) in [4.78, 5) is 154. The van der Waals surface area contributed by atoms with E-state index in [1.165, 1.54) is 27.8 Å². The fourth-order valence-electron chi connectivity index (χ4n) is 8.33. The SMILES string of the molecule is CC(N)=NCCCC(NC(=O)C1CCCN1C(=O)C1CSSCCC(=O)CC(Cc2ccc(O)cc2)C(=O)NC(Cc2ccccc2)C(=O)CC(CCC(N)=O)C(=O)NC(CC(N)=O)C(=O)N1)C(=O)NCC(N)=O. The second-order valence-corrected chi connectivity index (χ2v) is 20.8. The molecule has 0 spiro atoms. The smallest absolute Gasteiger partial charge is 0.246 e. The highest BCUT2D eigenvalue weighted by molar-refractivity contribution is 8.76. The van der Waals surface area contributed by atoms with Crippen molar-refractivity contribution in [1.82, 2.24) is 31.5 Å². The molecule has 2 aromatic carbocycles. The first-order valence-corrected chi connectivity index (χ1v) is 26.7. The number of amides is 9. The van der Waals surface area contributed by atoms with Crippen molar-refractivity contribution in [3.8, 4) is 5.75 Å². The molecule has 2 aliphatic heterocycles. The molecule has 4 rings (SSSR count). The molecule has 25 heteroatoms. The van der Waals surface area contributed by atoms with Gasteiger partial charge in [0.2, 0.25) is 53.2 Å². The van der Waals surface area contributed by atoms with E-state index in [9.17, 15) is 57.8 Å². The van der Waals surface area contributed by atoms with Gasteiger partial charge in [0.15, 0.2) is 5.78 Å². The van der Waals surface area contributed by atoms with E-state index in [-0.39, 0.29) is 87.5 Å². The van der Waals surface area contributed by atoms with E-state index in [0.29, 0.717) is 29.8 Å². The molecule has 0 bridgehead atoms. The summed E-state index contributed by atoms with van der Waals surface area (Å²) in [5.74, 6) is -10.3. The fraction of sp³-hybridized carbons (Fsp3) is 0.510. The number of nitrogens with one attached hydrogen (secondary N) is 5. The molecule has 9 amide bonds. The quantitative estimate of drug-likeness (QED) is 0.0347. The second kappa shape index (κ2) is 30.2. The number of Topliss-reactive ketones (excluding diaryl/α,β-unsaturated/α-hetero) is 2. The van der Waals surface area contributed by atoms with Gasteiger partial charge in [0.1, 0.15) is 35.7 Å². The van der Waals surface area contributed by atoms with Crippen LogP contribution in [0.15, 0.2) is 59.6 Å². The summed E-state index contributed by atoms with van der Waals surface area (Å²) in [7, 11) is 2.29. The Hall–Kier alpha value is -7.02. The molecule has 7 atom stereocenters. The Morgan fingerprint density at radius 3 is 2.14 bits per heavy atom. The van der Waals surface area contributed by atoms with Gasteiger partial charge in [-0.25, -0.2) is 0 Å². The van der Waals surface area contributed by atoms with Gasteiger partial charge in [-0.05, 0) is 75.1 Å². The lowest BCUT2D eigenvalue weighted by Gasteiger charge is -2.30. The molecule has 2 aliphatic rings. The van der Waals surface area contributed by atoms with Gasteiger partial charge < -0.3 is 59.5 Å². The third kappa shape index (κ3) is 20.5. The van der Waals surface area contributed by atoms with Crippen LogP contribution in [0.4, 0.5) is 0 Å². The Balaban J connectivity index is 1.68. The van der Waals surface area contributed by atoms with E-state index in [0.717, 1.165) is 10.8 Å². The van der Waals surface area contributed by atoms with Crippen LogP contribution in [-0.4, -0.2) is 142 Å². The highest BCUT2D eigenvalue weighted by Gasteiger charge is 2.40. The fourth-order valence-corrected chi connectivity index (χ4v) is 10.5. The molecular weight excluding hydrogens is 999 g/mol. The third-order valence-corrected chi connectivity index (χ3v) is 14.6. The van der Waals surface area contributed by atoms with Gasteiger partial charge >= 0.3 is 0 Å². The summed E-state index contributed by atoms with van der Waals surface area (Å²) >= 11 is 0. The van der Waals surface area contributed by atoms with Crippen LogP contribution in [-0.2, 0) is 65.6 Å². The molecule has 2 saturated heterocycles. The van der Waals surface area contributed by atoms with Crippen LogP contribution < -0.4 is 49.5 Å². The Bertz CT molecular complexity index is 2370. The zero-order valence-corrected chi connectivity index (χ0v) is 42.8. The maximum atomic E-state index is 14.6. The largest absolute Gasteiger partial charge is 0.508 e. The minimum absolute atomic E-state index is 0.0101. The number of nitrogens with two attached hydrogens (primary N) is 4. The summed E-state index contributed by atoms with van der Waals surface area (Å²) in [6.45, 7) is 1.38. The summed E-state index contributed by atoms with van der Waals surface area (Å²) in [5, 5.41) is 22.9. The third-order valence-electron chi connectivity index (χ3n) is 12.2. The number of hydrogen-bond donors (Lipinski definition) is 10. The molecule has 2 aromatic rings. The van der Waals surface area contributed by atoms with Crippen molar-refractivity contribution < 1.29 is 57.8 Å². The number of nitrogens with zero attached hydrogens (tertiary/aromatic N) is 2. The van der Waals surface area contributed by atoms with Crippen LogP contribution in [0, 0.1) is 11.8 Å². The van der Waals surface area contributed by atoms with Crippen LogP contribution in [0.1, 0.15) is 82.3 Å². The van der Waals surface area contributed by atoms with Crippen molar-refractivity contribution in [3.63, 3.8) is 0 Å². The van der Waals surface area contributed by atoms with E-state index in [1.807, 2.05) is 0 Å². The zero-order chi connectivity index (χ0) is 54.3. The molecule has 7 unspecified atom stereocenters. The van der Waals surface area contributed by atoms with Crippen molar-refractivity contribution in [2.24, 2.45) is 39.8 Å². The van der Waals surface area contributed by atoms with Crippen molar-refractivity contribution in [1.29, 1.82) is 0 Å². The van der Waals surface area contributed by atoms with Gasteiger partial charge in [0, 0.05) is 62.1 Å². The van der Waals surface area contributed by atoms with E-state index < -0.39 is 120 Å². The lowest BCUT2D eigenvalue weighted by atomic mass is 9.89. The first-order valence-electron chi connectivity index (χ1n) is 24.2. The highest BCUT2D eigenvalue weighted by atomic mass is 33.1. The Kier molecular flexibility index (Phi) is 24.3. The number of hydrogen-bond acceptors (Lipinski definition) is 15. The van der Waals surface area contributed by atoms with Crippen LogP contribution >= 0.6 is 21.6 Å². The van der Waals surface area contributed by atoms with E-state index in [4.69, 9.17) is 22.9 Å². The standard InChI is InChI=1S/C49H67N11O12S2/c1-28(50)54-18-5-9-35(46(69)55-26-43(53)66)56-48(71)39-10-6-19-60(39)49(72)38-27-74-73-20-17-34(62)23-32(21-30-11-14-33(61)15-12-30)45(68)57-36(22-29-7-3-2-4-8-29)40(63)24-31(13-16-41(51)64)44(67)58-37(25-42(52)65)47(70)59-38/h2-4,7-8,11-12,14-15,31-32,35-39,61H,5-6,9-10,13,16-27H2,1H3,(H2,50,54)(H2,51,64)(H2,52,65)(H2,53,66)(H,55,69)(H,56,71)(H,57,68)(H,58,67)(H,59,70). The number of primary amides is 3. The van der Waals surface area contributed by atoms with E-state index in [2.05, 4.69) is 31.6 Å². The number of aromatic hydroxyl groups is 1. The number of carbonyl (C=O) groups excluding carboxylic acids is 11. The first-order chi connectivity index (χ1) is 35.2. The van der Waals surface area contributed by atoms with Crippen LogP contribution in [0.5, 0.6) is 5.75 Å². The zero-order valence-electron chi connectivity index (χ0n) is 41.2. The van der Waals surface area contributed by atoms with Gasteiger partial charge in [-0.1, -0.05) is 64.1 Å². The van der Waals surface area contributed by atoms with Gasteiger partial charge in [-0.15, -0.1) is 0 Å².